The van der Waals surface area contributed by atoms with Crippen LogP contribution in [-0.4, -0.2) is 9.78 Å². The van der Waals surface area contributed by atoms with E-state index >= 15 is 0 Å². The fourth-order valence-corrected chi connectivity index (χ4v) is 2.52. The van der Waals surface area contributed by atoms with Crippen molar-refractivity contribution in [1.82, 2.24) is 9.78 Å². The lowest BCUT2D eigenvalue weighted by molar-refractivity contribution is 0.894. The van der Waals surface area contributed by atoms with Crippen LogP contribution in [0.4, 0.5) is 5.82 Å². The summed E-state index contributed by atoms with van der Waals surface area (Å²) in [6.07, 6.45) is 0. The van der Waals surface area contributed by atoms with Gasteiger partial charge in [0, 0.05) is 16.7 Å². The number of nitrogens with two attached hydrogens (primary N) is 1. The van der Waals surface area contributed by atoms with Gasteiger partial charge in [-0.3, -0.25) is 0 Å². The number of anilines is 1. The summed E-state index contributed by atoms with van der Waals surface area (Å²) in [6, 6.07) is 15.1. The molecule has 0 radical (unpaired) electrons. The van der Waals surface area contributed by atoms with Gasteiger partial charge in [0.2, 0.25) is 0 Å². The quantitative estimate of drug-likeness (QED) is 0.742. The number of halogens is 2. The first kappa shape index (κ1) is 14.0. The van der Waals surface area contributed by atoms with E-state index < -0.39 is 0 Å². The minimum atomic E-state index is 0.532. The monoisotopic (exact) mass is 317 g/mol. The molecule has 3 aromatic rings. The third-order valence-corrected chi connectivity index (χ3v) is 4.02. The molecule has 106 valence electrons. The molecule has 0 unspecified atom stereocenters. The fourth-order valence-electron chi connectivity index (χ4n) is 2.12. The van der Waals surface area contributed by atoms with E-state index in [2.05, 4.69) is 5.10 Å². The maximum Gasteiger partial charge on any atom is 0.127 e. The molecule has 0 aliphatic carbocycles. The number of aryl methyl sites for hydroxylation is 1. The average molecular weight is 318 g/mol. The molecule has 0 aliphatic rings. The van der Waals surface area contributed by atoms with Crippen molar-refractivity contribution < 1.29 is 0 Å². The molecule has 0 amide bonds. The Morgan fingerprint density at radius 1 is 1.00 bits per heavy atom. The van der Waals surface area contributed by atoms with Crippen LogP contribution < -0.4 is 5.73 Å². The van der Waals surface area contributed by atoms with Gasteiger partial charge in [-0.2, -0.15) is 5.10 Å². The summed E-state index contributed by atoms with van der Waals surface area (Å²) in [5.74, 6) is 0.532. The Hall–Kier alpha value is -1.97. The van der Waals surface area contributed by atoms with E-state index in [1.54, 1.807) is 10.7 Å². The topological polar surface area (TPSA) is 43.8 Å². The molecule has 2 aromatic carbocycles. The summed E-state index contributed by atoms with van der Waals surface area (Å²) in [5, 5.41) is 5.86. The van der Waals surface area contributed by atoms with Crippen LogP contribution in [0, 0.1) is 6.92 Å². The highest BCUT2D eigenvalue weighted by molar-refractivity contribution is 6.33. The minimum Gasteiger partial charge on any atom is -0.384 e. The van der Waals surface area contributed by atoms with Crippen molar-refractivity contribution in [1.29, 1.82) is 0 Å². The van der Waals surface area contributed by atoms with Crippen molar-refractivity contribution in [2.75, 3.05) is 5.73 Å². The molecule has 0 saturated heterocycles. The maximum atomic E-state index is 6.20. The SMILES string of the molecule is Cc1ccc(-n2nc(-c3ccccc3Cl)cc2N)cc1Cl. The van der Waals surface area contributed by atoms with E-state index in [0.717, 1.165) is 22.5 Å². The second-order valence-electron chi connectivity index (χ2n) is 4.78. The van der Waals surface area contributed by atoms with E-state index in [1.807, 2.05) is 49.4 Å². The number of nitrogens with zero attached hydrogens (tertiary/aromatic N) is 2. The highest BCUT2D eigenvalue weighted by atomic mass is 35.5. The Bertz CT molecular complexity index is 809. The van der Waals surface area contributed by atoms with Crippen molar-refractivity contribution in [3.63, 3.8) is 0 Å². The van der Waals surface area contributed by atoms with Gasteiger partial charge in [0.25, 0.3) is 0 Å². The smallest absolute Gasteiger partial charge is 0.127 e. The number of benzene rings is 2. The lowest BCUT2D eigenvalue weighted by Crippen LogP contribution is -2.01. The van der Waals surface area contributed by atoms with Crippen LogP contribution in [0.15, 0.2) is 48.5 Å². The number of hydrogen-bond donors (Lipinski definition) is 1. The molecule has 0 aliphatic heterocycles. The highest BCUT2D eigenvalue weighted by Crippen LogP contribution is 2.29. The average Bonchev–Trinajstić information content (AvgIpc) is 2.84. The zero-order chi connectivity index (χ0) is 15.0. The van der Waals surface area contributed by atoms with E-state index in [9.17, 15) is 0 Å². The van der Waals surface area contributed by atoms with Gasteiger partial charge in [-0.15, -0.1) is 0 Å². The summed E-state index contributed by atoms with van der Waals surface area (Å²) < 4.78 is 1.66. The van der Waals surface area contributed by atoms with Crippen LogP contribution in [0.2, 0.25) is 10.0 Å². The van der Waals surface area contributed by atoms with Crippen molar-refractivity contribution in [2.24, 2.45) is 0 Å². The van der Waals surface area contributed by atoms with Crippen LogP contribution in [0.3, 0.4) is 0 Å². The van der Waals surface area contributed by atoms with Gasteiger partial charge < -0.3 is 5.73 Å². The van der Waals surface area contributed by atoms with E-state index in [4.69, 9.17) is 28.9 Å². The summed E-state index contributed by atoms with van der Waals surface area (Å²) in [6.45, 7) is 1.95. The highest BCUT2D eigenvalue weighted by Gasteiger charge is 2.11. The minimum absolute atomic E-state index is 0.532. The summed E-state index contributed by atoms with van der Waals surface area (Å²) in [7, 11) is 0. The molecular formula is C16H13Cl2N3. The fraction of sp³-hybridized carbons (Fsp3) is 0.0625. The Labute approximate surface area is 132 Å². The first-order valence-electron chi connectivity index (χ1n) is 6.43. The van der Waals surface area contributed by atoms with Gasteiger partial charge >= 0.3 is 0 Å². The number of aromatic nitrogens is 2. The molecule has 2 N–H and O–H groups in total. The standard InChI is InChI=1S/C16H13Cl2N3/c1-10-6-7-11(8-14(10)18)21-16(19)9-15(20-21)12-4-2-3-5-13(12)17/h2-9H,19H2,1H3. The van der Waals surface area contributed by atoms with Crippen molar-refractivity contribution in [3.05, 3.63) is 64.1 Å². The van der Waals surface area contributed by atoms with Gasteiger partial charge in [0.1, 0.15) is 5.82 Å². The van der Waals surface area contributed by atoms with E-state index in [-0.39, 0.29) is 0 Å². The lowest BCUT2D eigenvalue weighted by atomic mass is 10.1. The first-order valence-corrected chi connectivity index (χ1v) is 7.19. The lowest BCUT2D eigenvalue weighted by Gasteiger charge is -2.06. The number of rotatable bonds is 2. The molecule has 0 saturated carbocycles. The number of nitrogen functional groups attached to an aromatic ring is 1. The second-order valence-corrected chi connectivity index (χ2v) is 5.59. The predicted octanol–water partition coefficient (Wildman–Crippen LogP) is 4.74. The van der Waals surface area contributed by atoms with Crippen LogP contribution in [-0.2, 0) is 0 Å². The molecule has 1 aromatic heterocycles. The summed E-state index contributed by atoms with van der Waals surface area (Å²) in [5.41, 5.74) is 9.48. The Kier molecular flexibility index (Phi) is 3.62. The Morgan fingerprint density at radius 3 is 2.48 bits per heavy atom. The zero-order valence-corrected chi connectivity index (χ0v) is 12.9. The third-order valence-electron chi connectivity index (χ3n) is 3.29. The van der Waals surface area contributed by atoms with Gasteiger partial charge in [-0.05, 0) is 30.7 Å². The molecule has 0 bridgehead atoms. The predicted molar refractivity (Wildman–Crippen MR) is 88.2 cm³/mol. The molecule has 21 heavy (non-hydrogen) atoms. The van der Waals surface area contributed by atoms with Crippen molar-refractivity contribution in [2.45, 2.75) is 6.92 Å². The van der Waals surface area contributed by atoms with Gasteiger partial charge in [0.05, 0.1) is 16.4 Å². The largest absolute Gasteiger partial charge is 0.384 e. The zero-order valence-electron chi connectivity index (χ0n) is 11.3. The van der Waals surface area contributed by atoms with Crippen LogP contribution in [0.1, 0.15) is 5.56 Å². The van der Waals surface area contributed by atoms with Crippen LogP contribution in [0.25, 0.3) is 16.9 Å². The van der Waals surface area contributed by atoms with E-state index in [0.29, 0.717) is 15.9 Å². The van der Waals surface area contributed by atoms with E-state index in [1.165, 1.54) is 0 Å². The maximum absolute atomic E-state index is 6.20. The van der Waals surface area contributed by atoms with Crippen molar-refractivity contribution in [3.8, 4) is 16.9 Å². The molecule has 3 nitrogen and oxygen atoms in total. The molecule has 0 fully saturated rings. The van der Waals surface area contributed by atoms with Crippen LogP contribution >= 0.6 is 23.2 Å². The Morgan fingerprint density at radius 2 is 1.76 bits per heavy atom. The summed E-state index contributed by atoms with van der Waals surface area (Å²) >= 11 is 12.4. The molecule has 5 heteroatoms. The van der Waals surface area contributed by atoms with Gasteiger partial charge in [-0.25, -0.2) is 4.68 Å². The normalized spacial score (nSPS) is 10.8. The molecule has 0 spiro atoms. The van der Waals surface area contributed by atoms with Crippen LogP contribution in [0.5, 0.6) is 0 Å². The Balaban J connectivity index is 2.10. The third kappa shape index (κ3) is 2.62. The summed E-state index contributed by atoms with van der Waals surface area (Å²) in [4.78, 5) is 0. The molecular weight excluding hydrogens is 305 g/mol. The van der Waals surface area contributed by atoms with Gasteiger partial charge in [0.15, 0.2) is 0 Å². The van der Waals surface area contributed by atoms with Gasteiger partial charge in [-0.1, -0.05) is 47.5 Å². The van der Waals surface area contributed by atoms with Crippen molar-refractivity contribution >= 4 is 29.0 Å². The number of hydrogen-bond acceptors (Lipinski definition) is 2. The molecule has 1 heterocycles. The molecule has 3 rings (SSSR count). The first-order chi connectivity index (χ1) is 10.1. The molecule has 0 atom stereocenters. The second kappa shape index (κ2) is 5.43.